The summed E-state index contributed by atoms with van der Waals surface area (Å²) >= 11 is 1.10. The number of halogens is 1. The van der Waals surface area contributed by atoms with Crippen molar-refractivity contribution in [2.24, 2.45) is 0 Å². The van der Waals surface area contributed by atoms with Crippen LogP contribution in [0.3, 0.4) is 0 Å². The van der Waals surface area contributed by atoms with Crippen LogP contribution in [0, 0.1) is 5.82 Å². The minimum atomic E-state index is -4.16. The second kappa shape index (κ2) is 8.80. The van der Waals surface area contributed by atoms with Crippen molar-refractivity contribution in [1.82, 2.24) is 18.7 Å². The van der Waals surface area contributed by atoms with E-state index in [0.29, 0.717) is 28.8 Å². The molecule has 0 fully saturated rings. The average Bonchev–Trinajstić information content (AvgIpc) is 3.28. The van der Waals surface area contributed by atoms with Crippen molar-refractivity contribution in [1.29, 1.82) is 0 Å². The maximum absolute atomic E-state index is 14.4. The van der Waals surface area contributed by atoms with E-state index < -0.39 is 15.8 Å². The third kappa shape index (κ3) is 4.32. The Morgan fingerprint density at radius 2 is 1.62 bits per heavy atom. The number of nitrogens with one attached hydrogen (secondary N) is 3. The molecule has 0 aliphatic heterocycles. The molecule has 3 N–H and O–H groups in total. The van der Waals surface area contributed by atoms with Gasteiger partial charge in [-0.1, -0.05) is 12.1 Å². The average molecular weight is 496 g/mol. The van der Waals surface area contributed by atoms with Crippen molar-refractivity contribution in [2.45, 2.75) is 11.8 Å². The van der Waals surface area contributed by atoms with E-state index in [-0.39, 0.29) is 22.2 Å². The van der Waals surface area contributed by atoms with E-state index in [2.05, 4.69) is 34.1 Å². The van der Waals surface area contributed by atoms with Gasteiger partial charge in [0.05, 0.1) is 33.3 Å². The summed E-state index contributed by atoms with van der Waals surface area (Å²) < 4.78 is 51.4. The number of anilines is 4. The first-order valence-electron chi connectivity index (χ1n) is 10.3. The molecule has 0 radical (unpaired) electrons. The summed E-state index contributed by atoms with van der Waals surface area (Å²) in [5.74, 6) is -0.501. The van der Waals surface area contributed by atoms with Crippen molar-refractivity contribution in [3.05, 3.63) is 66.5 Å². The van der Waals surface area contributed by atoms with Gasteiger partial charge in [0.1, 0.15) is 16.9 Å². The molecule has 0 spiro atoms. The van der Waals surface area contributed by atoms with E-state index in [9.17, 15) is 12.8 Å². The Balaban J connectivity index is 1.54. The fraction of sp³-hybridized carbons (Fsp3) is 0.0909. The van der Waals surface area contributed by atoms with Gasteiger partial charge in [-0.3, -0.25) is 4.72 Å². The molecule has 172 valence electrons. The van der Waals surface area contributed by atoms with Crippen molar-refractivity contribution in [3.63, 3.8) is 0 Å². The maximum atomic E-state index is 14.4. The summed E-state index contributed by atoms with van der Waals surface area (Å²) in [6.07, 6.45) is 0. The van der Waals surface area contributed by atoms with Crippen molar-refractivity contribution >= 4 is 66.8 Å². The van der Waals surface area contributed by atoms with E-state index >= 15 is 0 Å². The predicted octanol–water partition coefficient (Wildman–Crippen LogP) is 4.75. The largest absolute Gasteiger partial charge is 0.383 e. The normalized spacial score (nSPS) is 11.6. The number of para-hydroxylation sites is 2. The van der Waals surface area contributed by atoms with Crippen LogP contribution in [0.4, 0.5) is 27.4 Å². The SMILES string of the molecule is CCNc1ccc(S(=O)(=O)Nc2nc3ccccc3nc2Nc2ccc3nsnc3c2)cc1F. The number of sulfonamides is 1. The van der Waals surface area contributed by atoms with Crippen molar-refractivity contribution in [3.8, 4) is 0 Å². The Morgan fingerprint density at radius 3 is 2.35 bits per heavy atom. The first-order chi connectivity index (χ1) is 16.4. The lowest BCUT2D eigenvalue weighted by Gasteiger charge is -2.14. The van der Waals surface area contributed by atoms with Crippen LogP contribution < -0.4 is 15.4 Å². The third-order valence-electron chi connectivity index (χ3n) is 4.94. The molecule has 9 nitrogen and oxygen atoms in total. The fourth-order valence-electron chi connectivity index (χ4n) is 3.34. The second-order valence-electron chi connectivity index (χ2n) is 7.28. The van der Waals surface area contributed by atoms with Crippen LogP contribution in [0.2, 0.25) is 0 Å². The lowest BCUT2D eigenvalue weighted by atomic mass is 10.2. The standard InChI is InChI=1S/C22H18FN7O2S2/c1-2-24-16-10-8-14(12-15(16)23)34(31,32)30-22-21(26-17-5-3-4-6-18(17)27-22)25-13-7-9-19-20(11-13)29-33-28-19/h3-12,24H,2H2,1H3,(H,25,26)(H,27,30). The molecule has 0 unspecified atom stereocenters. The molecule has 0 saturated heterocycles. The summed E-state index contributed by atoms with van der Waals surface area (Å²) in [5.41, 5.74) is 3.38. The van der Waals surface area contributed by atoms with Crippen molar-refractivity contribution in [2.75, 3.05) is 21.9 Å². The Bertz CT molecular complexity index is 1620. The maximum Gasteiger partial charge on any atom is 0.263 e. The summed E-state index contributed by atoms with van der Waals surface area (Å²) in [6, 6.07) is 16.1. The van der Waals surface area contributed by atoms with E-state index in [1.54, 1.807) is 36.4 Å². The lowest BCUT2D eigenvalue weighted by molar-refractivity contribution is 0.596. The molecule has 0 aliphatic rings. The van der Waals surface area contributed by atoms with E-state index in [1.807, 2.05) is 13.0 Å². The molecule has 12 heteroatoms. The van der Waals surface area contributed by atoms with Crippen LogP contribution in [0.15, 0.2) is 65.6 Å². The number of hydrogen-bond donors (Lipinski definition) is 3. The summed E-state index contributed by atoms with van der Waals surface area (Å²) in [4.78, 5) is 8.78. The number of nitrogens with zero attached hydrogens (tertiary/aromatic N) is 4. The van der Waals surface area contributed by atoms with Gasteiger partial charge in [-0.2, -0.15) is 8.75 Å². The Kier molecular flexibility index (Phi) is 5.67. The van der Waals surface area contributed by atoms with Crippen LogP contribution in [0.5, 0.6) is 0 Å². The van der Waals surface area contributed by atoms with Crippen LogP contribution >= 0.6 is 11.7 Å². The number of aromatic nitrogens is 4. The van der Waals surface area contributed by atoms with E-state index in [4.69, 9.17) is 0 Å². The van der Waals surface area contributed by atoms with Gasteiger partial charge >= 0.3 is 0 Å². The smallest absolute Gasteiger partial charge is 0.263 e. The fourth-order valence-corrected chi connectivity index (χ4v) is 4.88. The summed E-state index contributed by atoms with van der Waals surface area (Å²) in [6.45, 7) is 2.33. The van der Waals surface area contributed by atoms with Gasteiger partial charge in [0.2, 0.25) is 0 Å². The summed E-state index contributed by atoms with van der Waals surface area (Å²) in [5, 5.41) is 5.95. The summed E-state index contributed by atoms with van der Waals surface area (Å²) in [7, 11) is -4.16. The first-order valence-corrected chi connectivity index (χ1v) is 12.5. The monoisotopic (exact) mass is 495 g/mol. The van der Waals surface area contributed by atoms with Crippen LogP contribution in [0.25, 0.3) is 22.1 Å². The Hall–Kier alpha value is -3.90. The molecule has 0 aliphatic carbocycles. The van der Waals surface area contributed by atoms with Crippen LogP contribution in [-0.4, -0.2) is 33.7 Å². The molecule has 0 saturated carbocycles. The zero-order valence-corrected chi connectivity index (χ0v) is 19.4. The van der Waals surface area contributed by atoms with Gasteiger partial charge in [0.15, 0.2) is 11.6 Å². The molecule has 0 atom stereocenters. The van der Waals surface area contributed by atoms with Crippen LogP contribution in [-0.2, 0) is 10.0 Å². The topological polar surface area (TPSA) is 122 Å². The number of fused-ring (bicyclic) bond motifs is 2. The number of rotatable bonds is 7. The van der Waals surface area contributed by atoms with Crippen molar-refractivity contribution < 1.29 is 12.8 Å². The number of hydrogen-bond acceptors (Lipinski definition) is 9. The second-order valence-corrected chi connectivity index (χ2v) is 9.49. The minimum absolute atomic E-state index is 0.0219. The molecule has 0 amide bonds. The quantitative estimate of drug-likeness (QED) is 0.296. The Labute approximate surface area is 198 Å². The molecular weight excluding hydrogens is 477 g/mol. The van der Waals surface area contributed by atoms with E-state index in [1.165, 1.54) is 12.1 Å². The predicted molar refractivity (Wildman–Crippen MR) is 132 cm³/mol. The molecule has 34 heavy (non-hydrogen) atoms. The lowest BCUT2D eigenvalue weighted by Crippen LogP contribution is -2.16. The van der Waals surface area contributed by atoms with Gasteiger partial charge in [-0.25, -0.2) is 22.8 Å². The minimum Gasteiger partial charge on any atom is -0.383 e. The van der Waals surface area contributed by atoms with Gasteiger partial charge in [0, 0.05) is 12.2 Å². The molecule has 2 heterocycles. The number of benzene rings is 3. The highest BCUT2D eigenvalue weighted by Crippen LogP contribution is 2.29. The molecule has 3 aromatic carbocycles. The van der Waals surface area contributed by atoms with Gasteiger partial charge < -0.3 is 10.6 Å². The van der Waals surface area contributed by atoms with Gasteiger partial charge in [-0.05, 0) is 55.5 Å². The highest BCUT2D eigenvalue weighted by atomic mass is 32.2. The third-order valence-corrected chi connectivity index (χ3v) is 6.83. The van der Waals surface area contributed by atoms with Gasteiger partial charge in [0.25, 0.3) is 10.0 Å². The highest BCUT2D eigenvalue weighted by molar-refractivity contribution is 7.92. The van der Waals surface area contributed by atoms with Crippen LogP contribution in [0.1, 0.15) is 6.92 Å². The zero-order valence-electron chi connectivity index (χ0n) is 17.8. The molecular formula is C22H18FN7O2S2. The molecule has 5 aromatic rings. The molecule has 2 aromatic heterocycles. The van der Waals surface area contributed by atoms with E-state index in [0.717, 1.165) is 23.3 Å². The van der Waals surface area contributed by atoms with Gasteiger partial charge in [-0.15, -0.1) is 0 Å². The molecule has 0 bridgehead atoms. The first kappa shape index (κ1) is 21.9. The Morgan fingerprint density at radius 1 is 0.882 bits per heavy atom. The highest BCUT2D eigenvalue weighted by Gasteiger charge is 2.21. The molecule has 5 rings (SSSR count). The zero-order chi connectivity index (χ0) is 23.7.